The molecular formula is C19H36O4. The SMILES string of the molecule is CC(C)(C=O)CCCCCC(O)CCCCCC(C)(C)C(=O)O. The van der Waals surface area contributed by atoms with Crippen molar-refractivity contribution < 1.29 is 19.8 Å². The van der Waals surface area contributed by atoms with Gasteiger partial charge in [-0.05, 0) is 39.5 Å². The number of carboxylic acid groups (broad SMARTS) is 1. The van der Waals surface area contributed by atoms with Gasteiger partial charge in [-0.2, -0.15) is 0 Å². The van der Waals surface area contributed by atoms with Crippen LogP contribution in [0.25, 0.3) is 0 Å². The Morgan fingerprint density at radius 3 is 1.83 bits per heavy atom. The molecule has 0 aliphatic carbocycles. The molecule has 4 nitrogen and oxygen atoms in total. The first-order valence-electron chi connectivity index (χ1n) is 8.98. The van der Waals surface area contributed by atoms with E-state index in [1.807, 2.05) is 13.8 Å². The van der Waals surface area contributed by atoms with E-state index in [2.05, 4.69) is 0 Å². The topological polar surface area (TPSA) is 74.6 Å². The maximum Gasteiger partial charge on any atom is 0.309 e. The number of rotatable bonds is 14. The van der Waals surface area contributed by atoms with E-state index in [0.717, 1.165) is 64.1 Å². The lowest BCUT2D eigenvalue weighted by atomic mass is 9.87. The number of carbonyl (C=O) groups excluding carboxylic acids is 1. The van der Waals surface area contributed by atoms with Crippen LogP contribution in [-0.4, -0.2) is 28.6 Å². The van der Waals surface area contributed by atoms with Gasteiger partial charge in [0.05, 0.1) is 11.5 Å². The number of aliphatic hydroxyl groups excluding tert-OH is 1. The number of carbonyl (C=O) groups is 2. The number of aldehydes is 1. The maximum absolute atomic E-state index is 11.0. The Hall–Kier alpha value is -0.900. The Kier molecular flexibility index (Phi) is 10.4. The molecule has 0 fully saturated rings. The summed E-state index contributed by atoms with van der Waals surface area (Å²) < 4.78 is 0. The van der Waals surface area contributed by atoms with Crippen molar-refractivity contribution in [2.45, 2.75) is 98.0 Å². The largest absolute Gasteiger partial charge is 0.481 e. The Morgan fingerprint density at radius 2 is 1.39 bits per heavy atom. The first-order valence-corrected chi connectivity index (χ1v) is 8.98. The molecule has 0 amide bonds. The number of hydrogen-bond donors (Lipinski definition) is 2. The van der Waals surface area contributed by atoms with Gasteiger partial charge < -0.3 is 15.0 Å². The molecule has 0 aromatic carbocycles. The highest BCUT2D eigenvalue weighted by atomic mass is 16.4. The Bertz CT molecular complexity index is 347. The van der Waals surface area contributed by atoms with Crippen LogP contribution in [-0.2, 0) is 9.59 Å². The highest BCUT2D eigenvalue weighted by Crippen LogP contribution is 2.24. The predicted molar refractivity (Wildman–Crippen MR) is 93.4 cm³/mol. The molecule has 136 valence electrons. The molecule has 0 spiro atoms. The van der Waals surface area contributed by atoms with Crippen molar-refractivity contribution in [1.82, 2.24) is 0 Å². The van der Waals surface area contributed by atoms with E-state index in [1.54, 1.807) is 13.8 Å². The molecule has 1 unspecified atom stereocenters. The molecule has 0 aromatic rings. The summed E-state index contributed by atoms with van der Waals surface area (Å²) in [5, 5.41) is 19.0. The van der Waals surface area contributed by atoms with E-state index in [-0.39, 0.29) is 11.5 Å². The molecule has 4 heteroatoms. The van der Waals surface area contributed by atoms with Gasteiger partial charge >= 0.3 is 5.97 Å². The summed E-state index contributed by atoms with van der Waals surface area (Å²) in [4.78, 5) is 21.8. The van der Waals surface area contributed by atoms with Crippen LogP contribution in [0.4, 0.5) is 0 Å². The molecule has 1 atom stereocenters. The number of unbranched alkanes of at least 4 members (excludes halogenated alkanes) is 4. The van der Waals surface area contributed by atoms with E-state index >= 15 is 0 Å². The first-order chi connectivity index (χ1) is 10.6. The van der Waals surface area contributed by atoms with Gasteiger partial charge in [0.2, 0.25) is 0 Å². The molecule has 0 radical (unpaired) electrons. The molecule has 0 rings (SSSR count). The summed E-state index contributed by atoms with van der Waals surface area (Å²) in [5.74, 6) is -0.740. The van der Waals surface area contributed by atoms with E-state index in [1.165, 1.54) is 0 Å². The first kappa shape index (κ1) is 22.1. The smallest absolute Gasteiger partial charge is 0.309 e. The minimum atomic E-state index is -0.740. The number of aliphatic hydroxyl groups is 1. The minimum Gasteiger partial charge on any atom is -0.481 e. The summed E-state index contributed by atoms with van der Waals surface area (Å²) in [5.41, 5.74) is -0.865. The molecule has 0 saturated heterocycles. The van der Waals surface area contributed by atoms with Crippen LogP contribution in [0.15, 0.2) is 0 Å². The average Bonchev–Trinajstić information content (AvgIpc) is 2.46. The number of carboxylic acids is 1. The lowest BCUT2D eigenvalue weighted by Gasteiger charge is -2.18. The number of aliphatic carboxylic acids is 1. The molecule has 0 aromatic heterocycles. The molecule has 0 aliphatic heterocycles. The molecular weight excluding hydrogens is 292 g/mol. The van der Waals surface area contributed by atoms with Gasteiger partial charge in [0, 0.05) is 5.41 Å². The third kappa shape index (κ3) is 11.3. The zero-order chi connectivity index (χ0) is 17.9. The summed E-state index contributed by atoms with van der Waals surface area (Å²) in [6.45, 7) is 7.44. The lowest BCUT2D eigenvalue weighted by molar-refractivity contribution is -0.147. The molecule has 23 heavy (non-hydrogen) atoms. The van der Waals surface area contributed by atoms with Crippen molar-refractivity contribution in [3.05, 3.63) is 0 Å². The van der Waals surface area contributed by atoms with Gasteiger partial charge in [0.15, 0.2) is 0 Å². The monoisotopic (exact) mass is 328 g/mol. The molecule has 0 aliphatic rings. The fraction of sp³-hybridized carbons (Fsp3) is 0.895. The summed E-state index contributed by atoms with van der Waals surface area (Å²) in [6.07, 6.45) is 9.90. The zero-order valence-corrected chi connectivity index (χ0v) is 15.4. The molecule has 0 saturated carbocycles. The van der Waals surface area contributed by atoms with Crippen molar-refractivity contribution in [2.75, 3.05) is 0 Å². The van der Waals surface area contributed by atoms with Crippen molar-refractivity contribution in [2.24, 2.45) is 10.8 Å². The average molecular weight is 328 g/mol. The minimum absolute atomic E-state index is 0.220. The van der Waals surface area contributed by atoms with Crippen molar-refractivity contribution in [3.63, 3.8) is 0 Å². The van der Waals surface area contributed by atoms with Gasteiger partial charge in [-0.25, -0.2) is 0 Å². The predicted octanol–water partition coefficient (Wildman–Crippen LogP) is 4.58. The second kappa shape index (κ2) is 10.8. The second-order valence-corrected chi connectivity index (χ2v) is 8.15. The Morgan fingerprint density at radius 1 is 0.913 bits per heavy atom. The van der Waals surface area contributed by atoms with Gasteiger partial charge in [-0.1, -0.05) is 52.4 Å². The van der Waals surface area contributed by atoms with Crippen molar-refractivity contribution in [1.29, 1.82) is 0 Å². The van der Waals surface area contributed by atoms with Crippen LogP contribution < -0.4 is 0 Å². The van der Waals surface area contributed by atoms with Crippen LogP contribution in [0.2, 0.25) is 0 Å². The molecule has 0 bridgehead atoms. The van der Waals surface area contributed by atoms with Crippen LogP contribution in [0, 0.1) is 10.8 Å². The third-order valence-electron chi connectivity index (χ3n) is 4.60. The van der Waals surface area contributed by atoms with E-state index in [0.29, 0.717) is 6.42 Å². The van der Waals surface area contributed by atoms with Gasteiger partial charge in [0.25, 0.3) is 0 Å². The third-order valence-corrected chi connectivity index (χ3v) is 4.60. The van der Waals surface area contributed by atoms with Gasteiger partial charge in [-0.15, -0.1) is 0 Å². The number of hydrogen-bond acceptors (Lipinski definition) is 3. The normalized spacial score (nSPS) is 13.8. The van der Waals surface area contributed by atoms with Crippen molar-refractivity contribution >= 4 is 12.3 Å². The van der Waals surface area contributed by atoms with Crippen LogP contribution in [0.1, 0.15) is 91.9 Å². The summed E-state index contributed by atoms with van der Waals surface area (Å²) in [6, 6.07) is 0. The zero-order valence-electron chi connectivity index (χ0n) is 15.4. The van der Waals surface area contributed by atoms with Crippen LogP contribution in [0.3, 0.4) is 0 Å². The lowest BCUT2D eigenvalue weighted by Crippen LogP contribution is -2.23. The van der Waals surface area contributed by atoms with Gasteiger partial charge in [-0.3, -0.25) is 4.79 Å². The van der Waals surface area contributed by atoms with Crippen LogP contribution >= 0.6 is 0 Å². The van der Waals surface area contributed by atoms with Crippen LogP contribution in [0.5, 0.6) is 0 Å². The van der Waals surface area contributed by atoms with Crippen molar-refractivity contribution in [3.8, 4) is 0 Å². The maximum atomic E-state index is 11.0. The molecule has 2 N–H and O–H groups in total. The highest BCUT2D eigenvalue weighted by Gasteiger charge is 2.25. The fourth-order valence-electron chi connectivity index (χ4n) is 2.57. The van der Waals surface area contributed by atoms with E-state index < -0.39 is 11.4 Å². The second-order valence-electron chi connectivity index (χ2n) is 8.15. The summed E-state index contributed by atoms with van der Waals surface area (Å²) >= 11 is 0. The van der Waals surface area contributed by atoms with E-state index in [4.69, 9.17) is 5.11 Å². The standard InChI is InChI=1S/C19H36O4/c1-18(2,15-20)13-9-5-7-11-16(21)12-8-6-10-14-19(3,4)17(22)23/h15-16,21H,5-14H2,1-4H3,(H,22,23). The van der Waals surface area contributed by atoms with E-state index in [9.17, 15) is 14.7 Å². The molecule has 0 heterocycles. The Balaban J connectivity index is 3.56. The fourth-order valence-corrected chi connectivity index (χ4v) is 2.57. The summed E-state index contributed by atoms with van der Waals surface area (Å²) in [7, 11) is 0. The highest BCUT2D eigenvalue weighted by molar-refractivity contribution is 5.73. The quantitative estimate of drug-likeness (QED) is 0.361. The van der Waals surface area contributed by atoms with Gasteiger partial charge in [0.1, 0.15) is 6.29 Å². The Labute approximate surface area is 141 Å².